The normalized spacial score (nSPS) is 24.2. The van der Waals surface area contributed by atoms with E-state index in [1.165, 1.54) is 25.7 Å². The number of halogens is 2. The van der Waals surface area contributed by atoms with E-state index in [1.807, 2.05) is 13.1 Å². The van der Waals surface area contributed by atoms with Gasteiger partial charge >= 0.3 is 0 Å². The number of rotatable bonds is 4. The number of hydrogen-bond donors (Lipinski definition) is 1. The van der Waals surface area contributed by atoms with Gasteiger partial charge in [-0.15, -0.1) is 0 Å². The lowest BCUT2D eigenvalue weighted by molar-refractivity contribution is 0.230. The van der Waals surface area contributed by atoms with Crippen LogP contribution < -0.4 is 5.32 Å². The second kappa shape index (κ2) is 6.67. The molecule has 1 N–H and O–H groups in total. The second-order valence-electron chi connectivity index (χ2n) is 5.30. The molecule has 1 nitrogen and oxygen atoms in total. The van der Waals surface area contributed by atoms with Crippen molar-refractivity contribution in [3.05, 3.63) is 34.1 Å². The minimum Gasteiger partial charge on any atom is -0.319 e. The Morgan fingerprint density at radius 2 is 2.00 bits per heavy atom. The van der Waals surface area contributed by atoms with E-state index in [1.54, 1.807) is 12.1 Å². The van der Waals surface area contributed by atoms with Gasteiger partial charge < -0.3 is 5.32 Å². The van der Waals surface area contributed by atoms with Crippen LogP contribution in [0, 0.1) is 17.7 Å². The zero-order valence-corrected chi connectivity index (χ0v) is 12.5. The third-order valence-electron chi connectivity index (χ3n) is 4.02. The van der Waals surface area contributed by atoms with Crippen molar-refractivity contribution in [3.63, 3.8) is 0 Å². The minimum absolute atomic E-state index is 0.0630. The topological polar surface area (TPSA) is 12.0 Å². The first-order chi connectivity index (χ1) is 8.70. The highest BCUT2D eigenvalue weighted by molar-refractivity contribution is 9.10. The third-order valence-corrected chi connectivity index (χ3v) is 4.52. The molecule has 100 valence electrons. The molecule has 2 unspecified atom stereocenters. The zero-order valence-electron chi connectivity index (χ0n) is 10.9. The highest BCUT2D eigenvalue weighted by atomic mass is 79.9. The minimum atomic E-state index is -0.0630. The molecule has 18 heavy (non-hydrogen) atoms. The van der Waals surface area contributed by atoms with E-state index < -0.39 is 0 Å². The monoisotopic (exact) mass is 313 g/mol. The van der Waals surface area contributed by atoms with Crippen LogP contribution >= 0.6 is 15.9 Å². The van der Waals surface area contributed by atoms with Gasteiger partial charge in [0.25, 0.3) is 0 Å². The Morgan fingerprint density at radius 1 is 1.28 bits per heavy atom. The lowest BCUT2D eigenvalue weighted by Crippen LogP contribution is -2.30. The summed E-state index contributed by atoms with van der Waals surface area (Å²) in [5.41, 5.74) is 0.859. The molecule has 0 saturated heterocycles. The summed E-state index contributed by atoms with van der Waals surface area (Å²) in [5, 5.41) is 3.28. The van der Waals surface area contributed by atoms with Gasteiger partial charge in [0.2, 0.25) is 0 Å². The van der Waals surface area contributed by atoms with Gasteiger partial charge in [-0.3, -0.25) is 0 Å². The van der Waals surface area contributed by atoms with Gasteiger partial charge in [-0.2, -0.15) is 0 Å². The van der Waals surface area contributed by atoms with Crippen LogP contribution in [0.3, 0.4) is 0 Å². The molecule has 1 aromatic carbocycles. The molecular formula is C15H21BrFN. The van der Waals surface area contributed by atoms with Gasteiger partial charge in [0, 0.05) is 4.47 Å². The van der Waals surface area contributed by atoms with Gasteiger partial charge in [0.05, 0.1) is 0 Å². The molecule has 1 aliphatic carbocycles. The van der Waals surface area contributed by atoms with Gasteiger partial charge in [-0.25, -0.2) is 4.39 Å². The largest absolute Gasteiger partial charge is 0.319 e. The van der Waals surface area contributed by atoms with Crippen LogP contribution in [0.2, 0.25) is 0 Å². The van der Waals surface area contributed by atoms with Crippen molar-refractivity contribution < 1.29 is 4.39 Å². The van der Waals surface area contributed by atoms with Crippen LogP contribution in [0.15, 0.2) is 22.7 Å². The second-order valence-corrected chi connectivity index (χ2v) is 6.22. The maximum atomic E-state index is 13.8. The molecule has 0 radical (unpaired) electrons. The summed E-state index contributed by atoms with van der Waals surface area (Å²) >= 11 is 3.43. The third kappa shape index (κ3) is 3.55. The maximum Gasteiger partial charge on any atom is 0.126 e. The van der Waals surface area contributed by atoms with Crippen molar-refractivity contribution in [1.82, 2.24) is 5.32 Å². The summed E-state index contributed by atoms with van der Waals surface area (Å²) < 4.78 is 14.8. The molecule has 1 fully saturated rings. The highest BCUT2D eigenvalue weighted by Gasteiger charge is 2.25. The molecule has 0 heterocycles. The Hall–Kier alpha value is -0.410. The van der Waals surface area contributed by atoms with E-state index in [9.17, 15) is 4.39 Å². The fourth-order valence-corrected chi connectivity index (χ4v) is 3.47. The first kappa shape index (κ1) is 14.0. The van der Waals surface area contributed by atoms with Crippen LogP contribution in [0.4, 0.5) is 4.39 Å². The highest BCUT2D eigenvalue weighted by Crippen LogP contribution is 2.33. The Bertz CT molecular complexity index is 392. The smallest absolute Gasteiger partial charge is 0.126 e. The number of hydrogen-bond acceptors (Lipinski definition) is 1. The van der Waals surface area contributed by atoms with Gasteiger partial charge in [0.15, 0.2) is 0 Å². The summed E-state index contributed by atoms with van der Waals surface area (Å²) in [6.45, 7) is 1.06. The summed E-state index contributed by atoms with van der Waals surface area (Å²) in [6, 6.07) is 5.26. The van der Waals surface area contributed by atoms with E-state index in [4.69, 9.17) is 0 Å². The summed E-state index contributed by atoms with van der Waals surface area (Å²) in [5.74, 6) is 1.25. The van der Waals surface area contributed by atoms with Crippen LogP contribution in [0.5, 0.6) is 0 Å². The summed E-state index contributed by atoms with van der Waals surface area (Å²) in [6.07, 6.45) is 6.00. The van der Waals surface area contributed by atoms with Crippen LogP contribution in [0.1, 0.15) is 31.2 Å². The quantitative estimate of drug-likeness (QED) is 0.880. The summed E-state index contributed by atoms with van der Waals surface area (Å²) in [7, 11) is 2.01. The first-order valence-electron chi connectivity index (χ1n) is 6.79. The van der Waals surface area contributed by atoms with Crippen LogP contribution in [0.25, 0.3) is 0 Å². The fraction of sp³-hybridized carbons (Fsp3) is 0.600. The number of benzene rings is 1. The van der Waals surface area contributed by atoms with E-state index in [0.29, 0.717) is 11.8 Å². The molecular weight excluding hydrogens is 293 g/mol. The average Bonchev–Trinajstić information content (AvgIpc) is 2.36. The predicted molar refractivity (Wildman–Crippen MR) is 77.2 cm³/mol. The zero-order chi connectivity index (χ0) is 13.0. The molecule has 0 bridgehead atoms. The Balaban J connectivity index is 2.08. The van der Waals surface area contributed by atoms with Crippen LogP contribution in [-0.2, 0) is 6.42 Å². The molecule has 0 amide bonds. The predicted octanol–water partition coefficient (Wildman–Crippen LogP) is 4.16. The van der Waals surface area contributed by atoms with Crippen molar-refractivity contribution in [2.24, 2.45) is 11.8 Å². The Morgan fingerprint density at radius 3 is 2.72 bits per heavy atom. The number of nitrogens with one attached hydrogen (secondary N) is 1. The van der Waals surface area contributed by atoms with E-state index >= 15 is 0 Å². The first-order valence-corrected chi connectivity index (χ1v) is 7.58. The Labute approximate surface area is 117 Å². The van der Waals surface area contributed by atoms with Crippen LogP contribution in [-0.4, -0.2) is 13.6 Å². The van der Waals surface area contributed by atoms with Gasteiger partial charge in [-0.05, 0) is 68.5 Å². The molecule has 2 rings (SSSR count). The van der Waals surface area contributed by atoms with Gasteiger partial charge in [0.1, 0.15) is 5.82 Å². The van der Waals surface area contributed by atoms with E-state index in [0.717, 1.165) is 23.0 Å². The maximum absolute atomic E-state index is 13.8. The SMILES string of the molecule is CNCC1CCCCC1Cc1cc(Br)ccc1F. The Kier molecular flexibility index (Phi) is 5.19. The standard InChI is InChI=1S/C15H21BrFN/c1-18-10-12-5-3-2-4-11(12)8-13-9-14(16)6-7-15(13)17/h6-7,9,11-12,18H,2-5,8,10H2,1H3. The summed E-state index contributed by atoms with van der Waals surface area (Å²) in [4.78, 5) is 0. The molecule has 1 saturated carbocycles. The van der Waals surface area contributed by atoms with Crippen molar-refractivity contribution >= 4 is 15.9 Å². The van der Waals surface area contributed by atoms with Crippen molar-refractivity contribution in [3.8, 4) is 0 Å². The average molecular weight is 314 g/mol. The van der Waals surface area contributed by atoms with Crippen molar-refractivity contribution in [2.45, 2.75) is 32.1 Å². The molecule has 0 aliphatic heterocycles. The molecule has 0 aromatic heterocycles. The van der Waals surface area contributed by atoms with Crippen molar-refractivity contribution in [1.29, 1.82) is 0 Å². The molecule has 1 aliphatic rings. The molecule has 1 aromatic rings. The lowest BCUT2D eigenvalue weighted by atomic mass is 9.76. The fourth-order valence-electron chi connectivity index (χ4n) is 3.07. The lowest BCUT2D eigenvalue weighted by Gasteiger charge is -2.31. The molecule has 2 atom stereocenters. The molecule has 0 spiro atoms. The van der Waals surface area contributed by atoms with Gasteiger partial charge in [-0.1, -0.05) is 28.8 Å². The van der Waals surface area contributed by atoms with E-state index in [-0.39, 0.29) is 5.82 Å². The van der Waals surface area contributed by atoms with Crippen molar-refractivity contribution in [2.75, 3.05) is 13.6 Å². The molecule has 3 heteroatoms. The van der Waals surface area contributed by atoms with E-state index in [2.05, 4.69) is 21.2 Å².